The summed E-state index contributed by atoms with van der Waals surface area (Å²) >= 11 is 0. The van der Waals surface area contributed by atoms with E-state index in [-0.39, 0.29) is 12.3 Å². The molecule has 0 radical (unpaired) electrons. The molecule has 0 aromatic rings. The molecule has 0 saturated carbocycles. The highest BCUT2D eigenvalue weighted by atomic mass is 31.2. The summed E-state index contributed by atoms with van der Waals surface area (Å²) in [6, 6.07) is 0. The van der Waals surface area contributed by atoms with Crippen LogP contribution in [0.3, 0.4) is 0 Å². The Kier molecular flexibility index (Phi) is 23.7. The van der Waals surface area contributed by atoms with Crippen molar-refractivity contribution in [3.63, 3.8) is 0 Å². The molecule has 4 N–H and O–H groups in total. The molecule has 0 rings (SSSR count). The average molecular weight is 629 g/mol. The second-order valence-corrected chi connectivity index (χ2v) is 17.5. The molecule has 0 aromatic heterocycles. The Hall–Kier alpha value is 0.220. The summed E-state index contributed by atoms with van der Waals surface area (Å²) in [6.45, 7) is 5.03. The lowest BCUT2D eigenvalue weighted by molar-refractivity contribution is -0.909. The summed E-state index contributed by atoms with van der Waals surface area (Å²) in [6.07, 6.45) is 24.7. The van der Waals surface area contributed by atoms with Gasteiger partial charge in [0.05, 0.1) is 54.4 Å². The molecular weight excluding hydrogens is 558 g/mol. The lowest BCUT2D eigenvalue weighted by Gasteiger charge is -2.33. The van der Waals surface area contributed by atoms with E-state index in [0.29, 0.717) is 12.8 Å². The topological polar surface area (TPSA) is 115 Å². The maximum absolute atomic E-state index is 10.8. The van der Waals surface area contributed by atoms with Crippen LogP contribution in [0.1, 0.15) is 135 Å². The minimum atomic E-state index is -3.80. The lowest BCUT2D eigenvalue weighted by Crippen LogP contribution is -2.46. The highest BCUT2D eigenvalue weighted by Gasteiger charge is 2.19. The van der Waals surface area contributed by atoms with E-state index < -0.39 is 15.2 Å². The number of hydrogen-bond acceptors (Lipinski definition) is 2. The number of quaternary nitrogens is 2. The highest BCUT2D eigenvalue weighted by molar-refractivity contribution is 7.52. The smallest absolute Gasteiger partial charge is 0.325 e. The van der Waals surface area contributed by atoms with Crippen molar-refractivity contribution in [3.05, 3.63) is 0 Å². The van der Waals surface area contributed by atoms with Crippen LogP contribution in [0.2, 0.25) is 0 Å². The van der Waals surface area contributed by atoms with Crippen LogP contribution in [0.4, 0.5) is 0 Å². The number of hydrogen-bond donors (Lipinski definition) is 4. The number of nitrogens with zero attached hydrogens (tertiary/aromatic N) is 2. The van der Waals surface area contributed by atoms with Crippen LogP contribution in [0.25, 0.3) is 0 Å². The summed E-state index contributed by atoms with van der Waals surface area (Å²) in [7, 11) is 1.94. The summed E-state index contributed by atoms with van der Waals surface area (Å²) in [5.41, 5.74) is 0. The van der Waals surface area contributed by atoms with E-state index in [1.807, 2.05) is 0 Å². The maximum Gasteiger partial charge on any atom is 0.325 e. The first-order valence-electron chi connectivity index (χ1n) is 16.9. The molecule has 0 aliphatic rings. The van der Waals surface area contributed by atoms with E-state index in [2.05, 4.69) is 28.2 Å². The first-order chi connectivity index (χ1) is 19.1. The van der Waals surface area contributed by atoms with Gasteiger partial charge in [-0.3, -0.25) is 9.13 Å². The fraction of sp³-hybridized carbons (Fsp3) is 1.00. The molecule has 0 spiro atoms. The van der Waals surface area contributed by atoms with Crippen molar-refractivity contribution in [1.82, 2.24) is 0 Å². The molecule has 8 nitrogen and oxygen atoms in total. The monoisotopic (exact) mass is 628 g/mol. The third-order valence-electron chi connectivity index (χ3n) is 8.45. The van der Waals surface area contributed by atoms with Crippen molar-refractivity contribution in [2.75, 3.05) is 66.7 Å². The minimum Gasteiger partial charge on any atom is -0.328 e. The van der Waals surface area contributed by atoms with Crippen LogP contribution < -0.4 is 0 Å². The third-order valence-corrected chi connectivity index (χ3v) is 10.3. The Labute approximate surface area is 254 Å². The van der Waals surface area contributed by atoms with E-state index in [0.717, 1.165) is 34.6 Å². The van der Waals surface area contributed by atoms with Gasteiger partial charge in [0.25, 0.3) is 0 Å². The van der Waals surface area contributed by atoms with Gasteiger partial charge in [0.2, 0.25) is 0 Å². The van der Waals surface area contributed by atoms with Crippen molar-refractivity contribution in [1.29, 1.82) is 0 Å². The van der Waals surface area contributed by atoms with Crippen molar-refractivity contribution < 1.29 is 37.7 Å². The Bertz CT molecular complexity index is 651. The molecule has 0 aliphatic carbocycles. The van der Waals surface area contributed by atoms with Crippen LogP contribution in [-0.2, 0) is 9.13 Å². The standard InChI is InChI=1S/C31H68N2O6P2/c1-32(2,26-21-17-13-9-5-7-11-15-19-23-30-40(34,35)36)28-25-29-33(3,4)27-22-18-14-10-6-8-12-16-20-24-31-41(37,38)39/h5-31H2,1-4H3,(H2-2,34,35,36,37,38,39)/p+2. The molecule has 0 atom stereocenters. The van der Waals surface area contributed by atoms with Crippen LogP contribution in [0.15, 0.2) is 0 Å². The van der Waals surface area contributed by atoms with Gasteiger partial charge in [-0.15, -0.1) is 0 Å². The molecule has 248 valence electrons. The molecule has 41 heavy (non-hydrogen) atoms. The fourth-order valence-electron chi connectivity index (χ4n) is 5.69. The van der Waals surface area contributed by atoms with Gasteiger partial charge in [-0.2, -0.15) is 0 Å². The summed E-state index contributed by atoms with van der Waals surface area (Å²) in [5, 5.41) is 0. The van der Waals surface area contributed by atoms with Crippen molar-refractivity contribution in [2.45, 2.75) is 135 Å². The van der Waals surface area contributed by atoms with Crippen molar-refractivity contribution >= 4 is 15.2 Å². The first-order valence-corrected chi connectivity index (χ1v) is 20.4. The molecule has 0 amide bonds. The second kappa shape index (κ2) is 23.6. The van der Waals surface area contributed by atoms with Crippen LogP contribution in [0, 0.1) is 0 Å². The van der Waals surface area contributed by atoms with E-state index in [1.54, 1.807) is 0 Å². The van der Waals surface area contributed by atoms with Gasteiger partial charge in [-0.05, 0) is 38.5 Å². The van der Waals surface area contributed by atoms with Crippen LogP contribution in [-0.4, -0.2) is 95.2 Å². The van der Waals surface area contributed by atoms with Gasteiger partial charge < -0.3 is 28.5 Å². The van der Waals surface area contributed by atoms with Crippen LogP contribution >= 0.6 is 15.2 Å². The summed E-state index contributed by atoms with van der Waals surface area (Å²) < 4.78 is 23.9. The van der Waals surface area contributed by atoms with Crippen molar-refractivity contribution in [2.24, 2.45) is 0 Å². The largest absolute Gasteiger partial charge is 0.328 e. The number of unbranched alkanes of at least 4 members (excludes halogenated alkanes) is 18. The normalized spacial score (nSPS) is 13.3. The Morgan fingerprint density at radius 3 is 0.780 bits per heavy atom. The zero-order valence-electron chi connectivity index (χ0n) is 27.5. The molecule has 0 unspecified atom stereocenters. The van der Waals surface area contributed by atoms with E-state index in [9.17, 15) is 9.13 Å². The van der Waals surface area contributed by atoms with Crippen LogP contribution in [0.5, 0.6) is 0 Å². The maximum atomic E-state index is 10.8. The Balaban J connectivity index is 3.60. The van der Waals surface area contributed by atoms with E-state index >= 15 is 0 Å². The van der Waals surface area contributed by atoms with Gasteiger partial charge in [0, 0.05) is 18.7 Å². The zero-order valence-corrected chi connectivity index (χ0v) is 29.3. The minimum absolute atomic E-state index is 0.0400. The molecule has 0 saturated heterocycles. The average Bonchev–Trinajstić information content (AvgIpc) is 2.83. The molecule has 10 heteroatoms. The van der Waals surface area contributed by atoms with E-state index in [1.165, 1.54) is 122 Å². The Morgan fingerprint density at radius 1 is 0.341 bits per heavy atom. The van der Waals surface area contributed by atoms with Gasteiger partial charge in [0.1, 0.15) is 0 Å². The predicted octanol–water partition coefficient (Wildman–Crippen LogP) is 7.69. The first kappa shape index (κ1) is 41.2. The summed E-state index contributed by atoms with van der Waals surface area (Å²) in [4.78, 5) is 35.5. The molecule has 0 fully saturated rings. The Morgan fingerprint density at radius 2 is 0.537 bits per heavy atom. The summed E-state index contributed by atoms with van der Waals surface area (Å²) in [5.74, 6) is 0. The second-order valence-electron chi connectivity index (χ2n) is 14.0. The van der Waals surface area contributed by atoms with Gasteiger partial charge in [-0.1, -0.05) is 89.9 Å². The lowest BCUT2D eigenvalue weighted by atomic mass is 10.1. The van der Waals surface area contributed by atoms with Gasteiger partial charge >= 0.3 is 15.2 Å². The molecule has 0 bridgehead atoms. The highest BCUT2D eigenvalue weighted by Crippen LogP contribution is 2.36. The SMILES string of the molecule is C[N+](C)(CCCCCCCCCCCCP(=O)(O)O)CCC[N+](C)(C)CCCCCCCCCCCCP(=O)(O)O. The quantitative estimate of drug-likeness (QED) is 0.0368. The van der Waals surface area contributed by atoms with Crippen molar-refractivity contribution in [3.8, 4) is 0 Å². The van der Waals surface area contributed by atoms with Gasteiger partial charge in [-0.25, -0.2) is 0 Å². The predicted molar refractivity (Wildman–Crippen MR) is 174 cm³/mol. The van der Waals surface area contributed by atoms with Gasteiger partial charge in [0.15, 0.2) is 0 Å². The number of rotatable bonds is 30. The molecular formula is C31H70N2O6P2+2. The fourth-order valence-corrected chi connectivity index (χ4v) is 6.97. The third kappa shape index (κ3) is 33.0. The van der Waals surface area contributed by atoms with E-state index in [4.69, 9.17) is 19.6 Å². The zero-order chi connectivity index (χ0) is 31.1. The molecule has 0 heterocycles. The molecule has 0 aliphatic heterocycles. The molecule has 0 aromatic carbocycles.